The standard InChI is InChI=1S/2C32H32O13S/c2*1-37-19-6-13(7-20(38-2)25(19)33)23-14-8-17-18(42-12-41-17)9-15(14)28(16-10-39-30(36)24(16)23)44-32-27(35)26(34)29-21(43-32)11-40-31(45-29)22-4-3-5-46-22/h2*3-9,16,21,23-24,26-29,31-35H,10-12H2,1-2H3/t2*16?,21-,23-,24+,26-,27-,28?,29-,31?,32+/m11/s1. The molecule has 0 saturated carbocycles. The number of phenols is 2. The van der Waals surface area contributed by atoms with Gasteiger partial charge in [-0.1, -0.05) is 12.1 Å². The summed E-state index contributed by atoms with van der Waals surface area (Å²) in [4.78, 5) is 28.6. The summed E-state index contributed by atoms with van der Waals surface area (Å²) in [6.07, 6.45) is -14.3. The monoisotopic (exact) mass is 1310 g/mol. The van der Waals surface area contributed by atoms with Gasteiger partial charge in [0.1, 0.15) is 48.8 Å². The van der Waals surface area contributed by atoms with Crippen LogP contribution < -0.4 is 37.9 Å². The van der Waals surface area contributed by atoms with E-state index in [4.69, 9.17) is 85.3 Å². The van der Waals surface area contributed by atoms with Crippen molar-refractivity contribution in [1.29, 1.82) is 0 Å². The van der Waals surface area contributed by atoms with Crippen LogP contribution in [0.4, 0.5) is 0 Å². The summed E-state index contributed by atoms with van der Waals surface area (Å²) in [6.45, 7) is 0.342. The molecular weight excluding hydrogens is 1250 g/mol. The van der Waals surface area contributed by atoms with Crippen LogP contribution in [-0.2, 0) is 57.0 Å². The molecule has 6 fully saturated rings. The number of hydrogen-bond acceptors (Lipinski definition) is 28. The van der Waals surface area contributed by atoms with Gasteiger partial charge in [0.25, 0.3) is 0 Å². The van der Waals surface area contributed by atoms with E-state index in [0.717, 1.165) is 9.75 Å². The maximum absolute atomic E-state index is 13.5. The third-order valence-corrected chi connectivity index (χ3v) is 20.5. The summed E-state index contributed by atoms with van der Waals surface area (Å²) in [5.74, 6) is -2.17. The third kappa shape index (κ3) is 10.4. The Kier molecular flexibility index (Phi) is 16.3. The molecule has 0 spiro atoms. The number of aromatic hydroxyl groups is 2. The minimum absolute atomic E-state index is 0.0242. The predicted octanol–water partition coefficient (Wildman–Crippen LogP) is 5.51. The number of carbonyl (C=O) groups excluding carboxylic acids is 2. The number of esters is 2. The van der Waals surface area contributed by atoms with Gasteiger partial charge in [-0.2, -0.15) is 0 Å². The fourth-order valence-corrected chi connectivity index (χ4v) is 15.8. The van der Waals surface area contributed by atoms with E-state index >= 15 is 0 Å². The van der Waals surface area contributed by atoms with Gasteiger partial charge in [0.2, 0.25) is 25.1 Å². The highest BCUT2D eigenvalue weighted by atomic mass is 32.1. The molecule has 488 valence electrons. The fourth-order valence-electron chi connectivity index (χ4n) is 14.4. The van der Waals surface area contributed by atoms with E-state index in [1.54, 1.807) is 36.4 Å². The van der Waals surface area contributed by atoms with Crippen LogP contribution in [0.5, 0.6) is 57.5 Å². The molecule has 6 unspecified atom stereocenters. The lowest BCUT2D eigenvalue weighted by Gasteiger charge is -2.48. The van der Waals surface area contributed by atoms with Crippen LogP contribution in [0.15, 0.2) is 83.6 Å². The van der Waals surface area contributed by atoms with E-state index in [1.165, 1.54) is 51.1 Å². The minimum atomic E-state index is -1.47. The van der Waals surface area contributed by atoms with Gasteiger partial charge in [-0.05, 0) is 105 Å². The molecule has 6 aromatic rings. The molecule has 2 aliphatic carbocycles. The molecule has 10 heterocycles. The van der Waals surface area contributed by atoms with Crippen LogP contribution in [0, 0.1) is 23.7 Å². The quantitative estimate of drug-likeness (QED) is 0.0823. The van der Waals surface area contributed by atoms with E-state index in [1.807, 2.05) is 47.2 Å². The Morgan fingerprint density at radius 1 is 0.457 bits per heavy atom. The molecule has 0 bridgehead atoms. The van der Waals surface area contributed by atoms with Crippen LogP contribution >= 0.6 is 22.7 Å². The molecule has 0 radical (unpaired) electrons. The largest absolute Gasteiger partial charge is 0.502 e. The van der Waals surface area contributed by atoms with Gasteiger partial charge in [-0.25, -0.2) is 0 Å². The van der Waals surface area contributed by atoms with Crippen LogP contribution in [-0.4, -0.2) is 172 Å². The van der Waals surface area contributed by atoms with E-state index in [9.17, 15) is 40.2 Å². The highest BCUT2D eigenvalue weighted by Gasteiger charge is 2.59. The number of ether oxygens (including phenoxy) is 18. The SMILES string of the molecule is COc1cc([C@@H]2c3cc4c(cc3C(O[C@@H]3O[C@@H]5COC(c6cccs6)O[C@H]5[C@H](O)[C@H]3O)C3COC(=O)[C@@H]32)OCO4)cc(OC)c1O.COc1cc([C@@H]2c3cc4c(cc3C(O[C@@H]3O[C@@H]5COC(c6cccs6)O[C@H]5[C@H](O)[C@H]3O)C3COC(=O)[C@@H]32)OCO4)cc(OC)c1O. The number of fused-ring (bicyclic) bond motifs is 8. The Bertz CT molecular complexity index is 3440. The van der Waals surface area contributed by atoms with Crippen LogP contribution in [0.1, 0.15) is 79.8 Å². The van der Waals surface area contributed by atoms with E-state index in [2.05, 4.69) is 0 Å². The van der Waals surface area contributed by atoms with Gasteiger partial charge in [-0.3, -0.25) is 9.59 Å². The Balaban J connectivity index is 0.000000153. The summed E-state index contributed by atoms with van der Waals surface area (Å²) in [5, 5.41) is 70.0. The number of phenolic OH excluding ortho intramolecular Hbond substituents is 2. The topological polar surface area (TPSA) is 322 Å². The number of cyclic esters (lactones) is 2. The molecule has 2 aromatic heterocycles. The molecule has 6 N–H and O–H groups in total. The molecule has 92 heavy (non-hydrogen) atoms. The van der Waals surface area contributed by atoms with Crippen molar-refractivity contribution in [3.8, 4) is 57.5 Å². The lowest BCUT2D eigenvalue weighted by Crippen LogP contribution is -2.62. The van der Waals surface area contributed by atoms with Crippen molar-refractivity contribution < 1.29 is 125 Å². The molecule has 4 aromatic carbocycles. The number of rotatable bonds is 12. The first-order valence-electron chi connectivity index (χ1n) is 29.8. The van der Waals surface area contributed by atoms with Crippen molar-refractivity contribution in [2.75, 3.05) is 68.5 Å². The number of benzene rings is 4. The Labute approximate surface area is 532 Å². The summed E-state index contributed by atoms with van der Waals surface area (Å²) >= 11 is 2.93. The molecule has 8 aliphatic heterocycles. The zero-order valence-electron chi connectivity index (χ0n) is 49.5. The minimum Gasteiger partial charge on any atom is -0.502 e. The highest BCUT2D eigenvalue weighted by Crippen LogP contribution is 2.60. The second-order valence-electron chi connectivity index (χ2n) is 23.5. The molecule has 6 saturated heterocycles. The Morgan fingerprint density at radius 2 is 0.826 bits per heavy atom. The molecule has 16 rings (SSSR count). The smallest absolute Gasteiger partial charge is 0.310 e. The highest BCUT2D eigenvalue weighted by molar-refractivity contribution is 7.10. The van der Waals surface area contributed by atoms with Crippen molar-refractivity contribution in [1.82, 2.24) is 0 Å². The number of thiophene rings is 2. The van der Waals surface area contributed by atoms with Gasteiger partial charge >= 0.3 is 11.9 Å². The van der Waals surface area contributed by atoms with E-state index in [0.29, 0.717) is 56.4 Å². The number of carbonyl (C=O) groups is 2. The first-order valence-corrected chi connectivity index (χ1v) is 31.5. The van der Waals surface area contributed by atoms with Gasteiger partial charge in [0.05, 0.1) is 88.7 Å². The average molecular weight is 1310 g/mol. The van der Waals surface area contributed by atoms with Gasteiger partial charge in [0, 0.05) is 23.7 Å². The summed E-state index contributed by atoms with van der Waals surface area (Å²) < 4.78 is 105. The third-order valence-electron chi connectivity index (χ3n) is 18.7. The Morgan fingerprint density at radius 3 is 1.17 bits per heavy atom. The van der Waals surface area contributed by atoms with Crippen molar-refractivity contribution in [2.45, 2.75) is 98.0 Å². The molecule has 26 nitrogen and oxygen atoms in total. The first-order chi connectivity index (χ1) is 44.7. The van der Waals surface area contributed by atoms with Crippen molar-refractivity contribution in [3.05, 3.63) is 127 Å². The van der Waals surface area contributed by atoms with Gasteiger partial charge in [-0.15, -0.1) is 22.7 Å². The average Bonchev–Trinajstić information content (AvgIpc) is 1.38. The number of aliphatic hydroxyl groups is 4. The van der Waals surface area contributed by atoms with Crippen LogP contribution in [0.2, 0.25) is 0 Å². The van der Waals surface area contributed by atoms with Gasteiger partial charge in [0.15, 0.2) is 71.2 Å². The molecular formula is C64H64O26S2. The molecule has 10 aliphatic rings. The van der Waals surface area contributed by atoms with Crippen molar-refractivity contribution in [3.63, 3.8) is 0 Å². The predicted molar refractivity (Wildman–Crippen MR) is 312 cm³/mol. The second-order valence-corrected chi connectivity index (χ2v) is 25.5. The molecule has 0 amide bonds. The normalized spacial score (nSPS) is 34.3. The van der Waals surface area contributed by atoms with Crippen molar-refractivity contribution >= 4 is 34.6 Å². The zero-order chi connectivity index (χ0) is 63.4. The summed E-state index contributed by atoms with van der Waals surface area (Å²) in [5.41, 5.74) is 4.00. The summed E-state index contributed by atoms with van der Waals surface area (Å²) in [6, 6.07) is 21.4. The summed E-state index contributed by atoms with van der Waals surface area (Å²) in [7, 11) is 5.73. The van der Waals surface area contributed by atoms with E-state index in [-0.39, 0.29) is 74.5 Å². The second kappa shape index (κ2) is 24.6. The van der Waals surface area contributed by atoms with Crippen LogP contribution in [0.3, 0.4) is 0 Å². The number of hydrogen-bond donors (Lipinski definition) is 6. The maximum Gasteiger partial charge on any atom is 0.310 e. The zero-order valence-corrected chi connectivity index (χ0v) is 51.2. The first kappa shape index (κ1) is 60.9. The number of methoxy groups -OCH3 is 4. The van der Waals surface area contributed by atoms with Gasteiger partial charge < -0.3 is 116 Å². The maximum atomic E-state index is 13.5. The lowest BCUT2D eigenvalue weighted by atomic mass is 9.66. The molecule has 28 heteroatoms. The van der Waals surface area contributed by atoms with Crippen molar-refractivity contribution in [2.24, 2.45) is 23.7 Å². The number of aliphatic hydroxyl groups excluding tert-OH is 4. The fraction of sp³-hybridized carbons (Fsp3) is 0.469. The Hall–Kier alpha value is -7.26. The molecule has 20 atom stereocenters. The van der Waals surface area contributed by atoms with Crippen LogP contribution in [0.25, 0.3) is 0 Å². The lowest BCUT2D eigenvalue weighted by molar-refractivity contribution is -0.368. The van der Waals surface area contributed by atoms with E-state index < -0.39 is 134 Å².